The van der Waals surface area contributed by atoms with E-state index in [-0.39, 0.29) is 0 Å². The van der Waals surface area contributed by atoms with Crippen LogP contribution in [0.1, 0.15) is 35.6 Å². The fourth-order valence-corrected chi connectivity index (χ4v) is 21.5. The van der Waals surface area contributed by atoms with Crippen LogP contribution in [0.4, 0.5) is 0 Å². The van der Waals surface area contributed by atoms with Gasteiger partial charge in [-0.05, 0) is 85.7 Å². The summed E-state index contributed by atoms with van der Waals surface area (Å²) in [5.74, 6) is 0. The molecule has 0 atom stereocenters. The first-order valence-corrected chi connectivity index (χ1v) is 24.3. The molecular weight excluding hydrogens is 722 g/mol. The number of ether oxygens (including phenoxy) is 1. The van der Waals surface area contributed by atoms with E-state index in [1.165, 1.54) is 29.5 Å². The van der Waals surface area contributed by atoms with Crippen molar-refractivity contribution in [2.45, 2.75) is 12.8 Å². The van der Waals surface area contributed by atoms with Gasteiger partial charge in [-0.1, -0.05) is 0 Å². The van der Waals surface area contributed by atoms with E-state index in [9.17, 15) is 0 Å². The maximum absolute atomic E-state index is 4.94. The van der Waals surface area contributed by atoms with Crippen molar-refractivity contribution in [3.05, 3.63) is 169 Å². The Balaban J connectivity index is 0.000000136. The zero-order valence-corrected chi connectivity index (χ0v) is 32.8. The molecule has 0 unspecified atom stereocenters. The molecule has 9 nitrogen and oxygen atoms in total. The van der Waals surface area contributed by atoms with Gasteiger partial charge in [0.25, 0.3) is 0 Å². The number of rotatable bonds is 4. The predicted octanol–water partition coefficient (Wildman–Crippen LogP) is 6.47. The fraction of sp³-hybridized carbons (Fsp3) is 0.0909. The average molecular weight is 760 g/mol. The second-order valence-corrected chi connectivity index (χ2v) is 25.0. The zero-order chi connectivity index (χ0) is 36.4. The molecule has 2 N–H and O–H groups in total. The zero-order valence-electron chi connectivity index (χ0n) is 29.8. The summed E-state index contributed by atoms with van der Waals surface area (Å²) in [4.78, 5) is 33.0. The van der Waals surface area contributed by atoms with E-state index in [1.54, 1.807) is 0 Å². The number of aromatic nitrogens is 8. The molecule has 8 bridgehead atoms. The summed E-state index contributed by atoms with van der Waals surface area (Å²) in [6.07, 6.45) is 25.7. The normalized spacial score (nSPS) is 12.7. The molecule has 1 fully saturated rings. The van der Waals surface area contributed by atoms with Gasteiger partial charge in [-0.15, -0.1) is 0 Å². The first-order valence-electron chi connectivity index (χ1n) is 18.4. The Labute approximate surface area is 316 Å². The molecule has 0 aromatic carbocycles. The summed E-state index contributed by atoms with van der Waals surface area (Å²) in [5, 5.41) is 0. The van der Waals surface area contributed by atoms with Crippen LogP contribution >= 0.6 is 0 Å². The Kier molecular flexibility index (Phi) is 10.7. The predicted molar refractivity (Wildman–Crippen MR) is 214 cm³/mol. The minimum atomic E-state index is -3.59. The SMILES string of the molecule is C1=Cc2cc3ccc(cc4nc(cc5ccc(cc1n2)[nH]5)C=C4)[nH]3.C1CCOC1.c1c[c]([Zn]([c]2ccncc2)([c]2ccncc2)[c]2ccncc2)ccn1. The Bertz CT molecular complexity index is 2190. The summed E-state index contributed by atoms with van der Waals surface area (Å²) < 4.78 is 10.3. The number of hydrogen-bond donors (Lipinski definition) is 2. The van der Waals surface area contributed by atoms with Crippen LogP contribution in [0.25, 0.3) is 46.4 Å². The van der Waals surface area contributed by atoms with E-state index in [0.29, 0.717) is 0 Å². The number of nitrogens with one attached hydrogen (secondary N) is 2. The van der Waals surface area contributed by atoms with Crippen LogP contribution in [0.2, 0.25) is 0 Å². The van der Waals surface area contributed by atoms with Gasteiger partial charge >= 0.3 is 149 Å². The van der Waals surface area contributed by atoms with Crippen molar-refractivity contribution in [3.63, 3.8) is 0 Å². The molecule has 0 saturated carbocycles. The van der Waals surface area contributed by atoms with E-state index in [2.05, 4.69) is 113 Å². The number of H-pyrrole nitrogens is 2. The summed E-state index contributed by atoms with van der Waals surface area (Å²) in [6, 6.07) is 33.6. The van der Waals surface area contributed by atoms with Crippen LogP contribution in [0, 0.1) is 0 Å². The Morgan fingerprint density at radius 3 is 0.907 bits per heavy atom. The van der Waals surface area contributed by atoms with Crippen molar-refractivity contribution in [2.75, 3.05) is 13.2 Å². The second kappa shape index (κ2) is 16.6. The summed E-state index contributed by atoms with van der Waals surface area (Å²) >= 11 is -3.59. The quantitative estimate of drug-likeness (QED) is 0.198. The molecular formula is C44H38N8OZn. The van der Waals surface area contributed by atoms with Gasteiger partial charge in [0.1, 0.15) is 0 Å². The number of aromatic amines is 2. The van der Waals surface area contributed by atoms with E-state index in [0.717, 1.165) is 58.1 Å². The first-order chi connectivity index (χ1) is 26.7. The molecule has 0 spiro atoms. The molecule has 10 heteroatoms. The minimum absolute atomic E-state index is 0.939. The van der Waals surface area contributed by atoms with Gasteiger partial charge in [-0.3, -0.25) is 0 Å². The van der Waals surface area contributed by atoms with Crippen molar-refractivity contribution in [1.82, 2.24) is 39.9 Å². The van der Waals surface area contributed by atoms with Crippen LogP contribution in [0.15, 0.2) is 147 Å². The van der Waals surface area contributed by atoms with Crippen molar-refractivity contribution in [2.24, 2.45) is 0 Å². The molecule has 7 aromatic rings. The third-order valence-corrected chi connectivity index (χ3v) is 24.6. The molecule has 0 radical (unpaired) electrons. The molecule has 3 aliphatic rings. The summed E-state index contributed by atoms with van der Waals surface area (Å²) in [7, 11) is 0. The molecule has 7 aromatic heterocycles. The topological polar surface area (TPSA) is 118 Å². The number of hydrogen-bond acceptors (Lipinski definition) is 7. The van der Waals surface area contributed by atoms with Gasteiger partial charge in [-0.25, -0.2) is 9.97 Å². The summed E-state index contributed by atoms with van der Waals surface area (Å²) in [6.45, 7) is 2.00. The van der Waals surface area contributed by atoms with Crippen molar-refractivity contribution >= 4 is 63.0 Å². The number of nitrogens with zero attached hydrogens (tertiary/aromatic N) is 6. The molecule has 10 heterocycles. The molecule has 3 aliphatic heterocycles. The second-order valence-electron chi connectivity index (χ2n) is 13.7. The number of fused-ring (bicyclic) bond motifs is 8. The third-order valence-electron chi connectivity index (χ3n) is 10.3. The molecule has 0 amide bonds. The molecule has 1 saturated heterocycles. The van der Waals surface area contributed by atoms with Crippen LogP contribution in [-0.4, -0.2) is 53.1 Å². The van der Waals surface area contributed by atoms with Gasteiger partial charge in [0.2, 0.25) is 0 Å². The molecule has 10 rings (SSSR count). The van der Waals surface area contributed by atoms with E-state index in [4.69, 9.17) is 4.74 Å². The average Bonchev–Trinajstić information content (AvgIpc) is 4.09. The number of pyridine rings is 4. The monoisotopic (exact) mass is 758 g/mol. The fourth-order valence-electron chi connectivity index (χ4n) is 7.81. The molecule has 262 valence electrons. The van der Waals surface area contributed by atoms with Crippen LogP contribution in [0.3, 0.4) is 0 Å². The Morgan fingerprint density at radius 1 is 0.389 bits per heavy atom. The maximum atomic E-state index is 4.94. The Hall–Kier alpha value is -6.22. The van der Waals surface area contributed by atoms with Crippen molar-refractivity contribution < 1.29 is 19.5 Å². The van der Waals surface area contributed by atoms with Gasteiger partial charge < -0.3 is 14.7 Å². The summed E-state index contributed by atoms with van der Waals surface area (Å²) in [5.41, 5.74) is 7.86. The van der Waals surface area contributed by atoms with Crippen molar-refractivity contribution in [1.29, 1.82) is 0 Å². The van der Waals surface area contributed by atoms with E-state index >= 15 is 0 Å². The van der Waals surface area contributed by atoms with Gasteiger partial charge in [0, 0.05) is 35.3 Å². The third kappa shape index (κ3) is 8.05. The standard InChI is InChI=1S/C20H14N4.4C5H4N.C4H8O.Zn/c1-2-14-10-16-5-6-18(23-16)12-20-8-7-19(24-20)11-17-4-3-15(22-17)9-13(1)21-14;4*1-2-4-6-5-3-1;1-2-4-5-3-1;/h1-12,21,24H;4*2-5H;1-4H2;. The van der Waals surface area contributed by atoms with Crippen LogP contribution in [0.5, 0.6) is 0 Å². The van der Waals surface area contributed by atoms with Gasteiger partial charge in [0.15, 0.2) is 0 Å². The van der Waals surface area contributed by atoms with Gasteiger partial charge in [0.05, 0.1) is 22.8 Å². The van der Waals surface area contributed by atoms with Crippen LogP contribution in [-0.2, 0) is 19.5 Å². The first kappa shape index (κ1) is 34.8. The Morgan fingerprint density at radius 2 is 0.667 bits per heavy atom. The van der Waals surface area contributed by atoms with E-state index < -0.39 is 14.8 Å². The van der Waals surface area contributed by atoms with E-state index in [1.807, 2.05) is 98.1 Å². The van der Waals surface area contributed by atoms with Crippen molar-refractivity contribution in [3.8, 4) is 0 Å². The molecule has 0 aliphatic carbocycles. The van der Waals surface area contributed by atoms with Crippen LogP contribution < -0.4 is 16.6 Å². The van der Waals surface area contributed by atoms with Gasteiger partial charge in [-0.2, -0.15) is 0 Å². The molecule has 54 heavy (non-hydrogen) atoms.